The van der Waals surface area contributed by atoms with Crippen molar-refractivity contribution in [2.24, 2.45) is 4.99 Å². The van der Waals surface area contributed by atoms with Gasteiger partial charge in [0.05, 0.1) is 6.34 Å². The van der Waals surface area contributed by atoms with E-state index in [9.17, 15) is 10.2 Å². The Morgan fingerprint density at radius 2 is 2.38 bits per heavy atom. The highest BCUT2D eigenvalue weighted by Gasteiger charge is 2.44. The molecule has 4 heteroatoms. The van der Waals surface area contributed by atoms with Crippen molar-refractivity contribution in [2.75, 3.05) is 6.54 Å². The van der Waals surface area contributed by atoms with E-state index in [0.717, 1.165) is 6.42 Å². The van der Waals surface area contributed by atoms with Gasteiger partial charge in [-0.1, -0.05) is 0 Å². The smallest absolute Gasteiger partial charge is 0.165 e. The third-order valence-corrected chi connectivity index (χ3v) is 2.75. The van der Waals surface area contributed by atoms with E-state index in [0.29, 0.717) is 19.4 Å². The second kappa shape index (κ2) is 3.12. The quantitative estimate of drug-likeness (QED) is 0.603. The summed E-state index contributed by atoms with van der Waals surface area (Å²) in [6, 6.07) is 0. The standard InChI is InChI=1S/C9H14N2O2/c12-8-3-1-4-9(8,13)11-6-2-5-10-7-11/h2,5,7-8,12-13H,1,3-4,6H2. The summed E-state index contributed by atoms with van der Waals surface area (Å²) in [6.45, 7) is 0.622. The number of aliphatic hydroxyl groups is 2. The molecule has 2 atom stereocenters. The van der Waals surface area contributed by atoms with Gasteiger partial charge in [-0.3, -0.25) is 0 Å². The van der Waals surface area contributed by atoms with E-state index in [4.69, 9.17) is 0 Å². The molecule has 0 aromatic rings. The molecule has 0 bridgehead atoms. The van der Waals surface area contributed by atoms with Crippen molar-refractivity contribution < 1.29 is 10.2 Å². The fourth-order valence-corrected chi connectivity index (χ4v) is 1.93. The summed E-state index contributed by atoms with van der Waals surface area (Å²) < 4.78 is 0. The Bertz CT molecular complexity index is 252. The molecule has 4 nitrogen and oxygen atoms in total. The number of aliphatic hydroxyl groups excluding tert-OH is 1. The largest absolute Gasteiger partial charge is 0.388 e. The molecule has 0 aromatic heterocycles. The van der Waals surface area contributed by atoms with Crippen LogP contribution in [0.25, 0.3) is 0 Å². The van der Waals surface area contributed by atoms with Crippen LogP contribution in [-0.4, -0.2) is 39.8 Å². The zero-order chi connectivity index (χ0) is 9.31. The molecule has 0 amide bonds. The molecule has 1 aliphatic carbocycles. The Kier molecular flexibility index (Phi) is 2.09. The summed E-state index contributed by atoms with van der Waals surface area (Å²) in [5.74, 6) is 0. The lowest BCUT2D eigenvalue weighted by Crippen LogP contribution is -2.53. The van der Waals surface area contributed by atoms with Crippen LogP contribution in [0.3, 0.4) is 0 Å². The van der Waals surface area contributed by atoms with Gasteiger partial charge in [0.15, 0.2) is 5.72 Å². The minimum absolute atomic E-state index is 0.619. The van der Waals surface area contributed by atoms with Crippen LogP contribution in [0.1, 0.15) is 19.3 Å². The Morgan fingerprint density at radius 3 is 2.92 bits per heavy atom. The molecule has 1 fully saturated rings. The van der Waals surface area contributed by atoms with Crippen molar-refractivity contribution >= 4 is 6.34 Å². The van der Waals surface area contributed by atoms with Gasteiger partial charge in [-0.2, -0.15) is 0 Å². The normalized spacial score (nSPS) is 38.6. The van der Waals surface area contributed by atoms with Crippen LogP contribution in [0, 0.1) is 0 Å². The first-order valence-corrected chi connectivity index (χ1v) is 4.59. The second-order valence-electron chi connectivity index (χ2n) is 3.59. The fourth-order valence-electron chi connectivity index (χ4n) is 1.93. The average molecular weight is 182 g/mol. The maximum atomic E-state index is 10.1. The Balaban J connectivity index is 2.14. The van der Waals surface area contributed by atoms with Gasteiger partial charge >= 0.3 is 0 Å². The van der Waals surface area contributed by atoms with Gasteiger partial charge in [0.2, 0.25) is 0 Å². The van der Waals surface area contributed by atoms with Crippen molar-refractivity contribution in [3.63, 3.8) is 0 Å². The van der Waals surface area contributed by atoms with Crippen LogP contribution in [0.2, 0.25) is 0 Å². The average Bonchev–Trinajstić information content (AvgIpc) is 2.50. The zero-order valence-corrected chi connectivity index (χ0v) is 7.43. The molecule has 0 spiro atoms. The fraction of sp³-hybridized carbons (Fsp3) is 0.667. The monoisotopic (exact) mass is 182 g/mol. The first kappa shape index (κ1) is 8.72. The molecule has 1 aliphatic heterocycles. The van der Waals surface area contributed by atoms with Gasteiger partial charge in [0.25, 0.3) is 0 Å². The molecule has 13 heavy (non-hydrogen) atoms. The third kappa shape index (κ3) is 1.36. The Hall–Kier alpha value is -0.870. The molecule has 2 unspecified atom stereocenters. The van der Waals surface area contributed by atoms with E-state index >= 15 is 0 Å². The predicted molar refractivity (Wildman–Crippen MR) is 49.1 cm³/mol. The molecule has 2 N–H and O–H groups in total. The molecule has 2 rings (SSSR count). The first-order chi connectivity index (χ1) is 6.23. The summed E-state index contributed by atoms with van der Waals surface area (Å²) >= 11 is 0. The zero-order valence-electron chi connectivity index (χ0n) is 7.43. The number of nitrogens with zero attached hydrogens (tertiary/aromatic N) is 2. The van der Waals surface area contributed by atoms with E-state index in [2.05, 4.69) is 4.99 Å². The molecular formula is C9H14N2O2. The lowest BCUT2D eigenvalue weighted by atomic mass is 10.1. The summed E-state index contributed by atoms with van der Waals surface area (Å²) in [7, 11) is 0. The van der Waals surface area contributed by atoms with Crippen molar-refractivity contribution in [1.82, 2.24) is 4.90 Å². The molecule has 0 aromatic carbocycles. The van der Waals surface area contributed by atoms with Gasteiger partial charge < -0.3 is 15.1 Å². The third-order valence-electron chi connectivity index (χ3n) is 2.75. The van der Waals surface area contributed by atoms with E-state index in [1.54, 1.807) is 17.4 Å². The summed E-state index contributed by atoms with van der Waals surface area (Å²) in [5, 5.41) is 19.8. The van der Waals surface area contributed by atoms with Crippen LogP contribution >= 0.6 is 0 Å². The van der Waals surface area contributed by atoms with Gasteiger partial charge in [0.1, 0.15) is 6.10 Å². The highest BCUT2D eigenvalue weighted by Crippen LogP contribution is 2.32. The van der Waals surface area contributed by atoms with E-state index in [1.807, 2.05) is 6.08 Å². The van der Waals surface area contributed by atoms with Crippen LogP contribution in [0.5, 0.6) is 0 Å². The van der Waals surface area contributed by atoms with E-state index < -0.39 is 11.8 Å². The van der Waals surface area contributed by atoms with Crippen LogP contribution in [0.15, 0.2) is 17.3 Å². The van der Waals surface area contributed by atoms with Crippen molar-refractivity contribution in [3.05, 3.63) is 12.3 Å². The molecule has 1 saturated carbocycles. The maximum absolute atomic E-state index is 10.1. The maximum Gasteiger partial charge on any atom is 0.165 e. The highest BCUT2D eigenvalue weighted by molar-refractivity contribution is 5.58. The lowest BCUT2D eigenvalue weighted by molar-refractivity contribution is -0.129. The summed E-state index contributed by atoms with van der Waals surface area (Å²) in [6.07, 6.45) is 6.66. The van der Waals surface area contributed by atoms with Crippen molar-refractivity contribution in [3.8, 4) is 0 Å². The molecule has 72 valence electrons. The minimum atomic E-state index is -1.09. The Labute approximate surface area is 77.2 Å². The van der Waals surface area contributed by atoms with Crippen LogP contribution in [-0.2, 0) is 0 Å². The molecule has 0 saturated heterocycles. The lowest BCUT2D eigenvalue weighted by Gasteiger charge is -2.37. The van der Waals surface area contributed by atoms with Crippen molar-refractivity contribution in [2.45, 2.75) is 31.1 Å². The van der Waals surface area contributed by atoms with Gasteiger partial charge in [-0.25, -0.2) is 4.99 Å². The second-order valence-corrected chi connectivity index (χ2v) is 3.59. The van der Waals surface area contributed by atoms with E-state index in [-0.39, 0.29) is 0 Å². The molecule has 1 heterocycles. The van der Waals surface area contributed by atoms with Gasteiger partial charge in [-0.05, 0) is 25.3 Å². The number of hydrogen-bond donors (Lipinski definition) is 2. The summed E-state index contributed by atoms with van der Waals surface area (Å²) in [4.78, 5) is 5.63. The highest BCUT2D eigenvalue weighted by atomic mass is 16.4. The van der Waals surface area contributed by atoms with E-state index in [1.165, 1.54) is 0 Å². The van der Waals surface area contributed by atoms with Crippen LogP contribution in [0.4, 0.5) is 0 Å². The predicted octanol–water partition coefficient (Wildman–Crippen LogP) is 0.0774. The van der Waals surface area contributed by atoms with Gasteiger partial charge in [-0.15, -0.1) is 0 Å². The summed E-state index contributed by atoms with van der Waals surface area (Å²) in [5.41, 5.74) is -1.09. The first-order valence-electron chi connectivity index (χ1n) is 4.59. The van der Waals surface area contributed by atoms with Crippen LogP contribution < -0.4 is 0 Å². The van der Waals surface area contributed by atoms with Crippen molar-refractivity contribution in [1.29, 1.82) is 0 Å². The molecule has 2 aliphatic rings. The number of hydrogen-bond acceptors (Lipinski definition) is 4. The number of aliphatic imine (C=N–C) groups is 1. The number of rotatable bonds is 1. The molecular weight excluding hydrogens is 168 g/mol. The van der Waals surface area contributed by atoms with Gasteiger partial charge in [0, 0.05) is 12.7 Å². The molecule has 0 radical (unpaired) electrons. The topological polar surface area (TPSA) is 56.1 Å². The SMILES string of the molecule is OC1CCCC1(O)N1C=NC=CC1. The minimum Gasteiger partial charge on any atom is -0.388 e. The Morgan fingerprint density at radius 1 is 1.54 bits per heavy atom.